The van der Waals surface area contributed by atoms with Crippen molar-refractivity contribution in [3.8, 4) is 5.69 Å². The number of nitrogens with zero attached hydrogens (tertiary/aromatic N) is 4. The van der Waals surface area contributed by atoms with Crippen LogP contribution in [0, 0.1) is 11.7 Å². The van der Waals surface area contributed by atoms with Gasteiger partial charge in [-0.2, -0.15) is 4.68 Å². The highest BCUT2D eigenvalue weighted by atomic mass is 35.5. The molecule has 3 amide bonds. The fraction of sp³-hybridized carbons (Fsp3) is 0.308. The van der Waals surface area contributed by atoms with Gasteiger partial charge in [0.15, 0.2) is 0 Å². The minimum absolute atomic E-state index is 0.125. The molecule has 4 rings (SSSR count). The van der Waals surface area contributed by atoms with Crippen molar-refractivity contribution in [1.82, 2.24) is 30.8 Å². The summed E-state index contributed by atoms with van der Waals surface area (Å²) in [5.74, 6) is -1.47. The summed E-state index contributed by atoms with van der Waals surface area (Å²) in [5, 5.41) is 31.0. The molecule has 1 fully saturated rings. The number of carbonyl (C=O) groups is 3. The first kappa shape index (κ1) is 28.6. The zero-order chi connectivity index (χ0) is 28.5. The van der Waals surface area contributed by atoms with E-state index in [1.54, 1.807) is 24.3 Å². The van der Waals surface area contributed by atoms with Crippen molar-refractivity contribution in [2.45, 2.75) is 31.7 Å². The summed E-state index contributed by atoms with van der Waals surface area (Å²) in [6, 6.07) is 7.72. The quantitative estimate of drug-likeness (QED) is 0.231. The van der Waals surface area contributed by atoms with Crippen LogP contribution in [0.5, 0.6) is 0 Å². The monoisotopic (exact) mass is 570 g/mol. The molecule has 0 aliphatic carbocycles. The molecule has 1 aliphatic rings. The molecule has 0 radical (unpaired) electrons. The summed E-state index contributed by atoms with van der Waals surface area (Å²) < 4.78 is 15.7. The molecule has 210 valence electrons. The topological polar surface area (TPSA) is 163 Å². The highest BCUT2D eigenvalue weighted by Gasteiger charge is 2.23. The Morgan fingerprint density at radius 2 is 1.98 bits per heavy atom. The average Bonchev–Trinajstić information content (AvgIpc) is 3.46. The van der Waals surface area contributed by atoms with Gasteiger partial charge in [0, 0.05) is 22.3 Å². The van der Waals surface area contributed by atoms with Gasteiger partial charge < -0.3 is 21.1 Å². The molecule has 0 bridgehead atoms. The third-order valence-corrected chi connectivity index (χ3v) is 6.67. The van der Waals surface area contributed by atoms with Gasteiger partial charge in [-0.3, -0.25) is 14.9 Å². The highest BCUT2D eigenvalue weighted by molar-refractivity contribution is 6.30. The van der Waals surface area contributed by atoms with E-state index in [1.165, 1.54) is 29.2 Å². The van der Waals surface area contributed by atoms with Crippen LogP contribution in [0.4, 0.5) is 20.6 Å². The predicted molar refractivity (Wildman–Crippen MR) is 147 cm³/mol. The molecule has 0 spiro atoms. The first-order valence-electron chi connectivity index (χ1n) is 12.6. The molecular weight excluding hydrogens is 543 g/mol. The Morgan fingerprint density at radius 3 is 2.67 bits per heavy atom. The van der Waals surface area contributed by atoms with Gasteiger partial charge in [-0.1, -0.05) is 11.6 Å². The lowest BCUT2D eigenvalue weighted by atomic mass is 9.91. The molecule has 1 atom stereocenters. The van der Waals surface area contributed by atoms with Gasteiger partial charge in [0.05, 0.1) is 11.4 Å². The van der Waals surface area contributed by atoms with Gasteiger partial charge in [-0.25, -0.2) is 9.18 Å². The Hall–Kier alpha value is -4.36. The third-order valence-electron chi connectivity index (χ3n) is 6.43. The lowest BCUT2D eigenvalue weighted by molar-refractivity contribution is -0.124. The van der Waals surface area contributed by atoms with Crippen molar-refractivity contribution in [2.24, 2.45) is 5.92 Å². The number of hydrogen-bond acceptors (Lipinski definition) is 7. The Morgan fingerprint density at radius 1 is 1.18 bits per heavy atom. The second-order valence-electron chi connectivity index (χ2n) is 9.24. The molecule has 1 aromatic heterocycles. The summed E-state index contributed by atoms with van der Waals surface area (Å²) in [5.41, 5.74) is 1.06. The largest absolute Gasteiger partial charge is 0.465 e. The van der Waals surface area contributed by atoms with Crippen molar-refractivity contribution < 1.29 is 23.9 Å². The van der Waals surface area contributed by atoms with Crippen LogP contribution in [0.3, 0.4) is 0 Å². The Balaban J connectivity index is 1.47. The van der Waals surface area contributed by atoms with Crippen molar-refractivity contribution in [2.75, 3.05) is 23.7 Å². The van der Waals surface area contributed by atoms with E-state index in [9.17, 15) is 18.8 Å². The summed E-state index contributed by atoms with van der Waals surface area (Å²) in [4.78, 5) is 36.9. The first-order valence-corrected chi connectivity index (χ1v) is 13.0. The standard InChI is InChI=1S/C26H28ClFN8O4/c27-18-3-7-23(36-15-30-34-35-36)17(13-18)2-8-24(37)32-22(5-1-16-9-11-29-12-10-16)25(38)31-19-4-6-21(20(28)14-19)33-26(39)40/h2-4,6-8,13-16,22,29,33H,1,5,9-12H2,(H,31,38)(H,32,37)(H,39,40). The third kappa shape index (κ3) is 8.07. The molecule has 2 aromatic carbocycles. The Labute approximate surface area is 234 Å². The molecule has 0 saturated carbocycles. The number of rotatable bonds is 10. The summed E-state index contributed by atoms with van der Waals surface area (Å²) in [6.45, 7) is 1.80. The van der Waals surface area contributed by atoms with Crippen molar-refractivity contribution in [3.63, 3.8) is 0 Å². The Kier molecular flexibility index (Phi) is 9.76. The minimum Gasteiger partial charge on any atom is -0.465 e. The van der Waals surface area contributed by atoms with E-state index in [4.69, 9.17) is 16.7 Å². The highest BCUT2D eigenvalue weighted by Crippen LogP contribution is 2.23. The Bertz CT molecular complexity index is 1380. The lowest BCUT2D eigenvalue weighted by Gasteiger charge is -2.25. The predicted octanol–water partition coefficient (Wildman–Crippen LogP) is 3.46. The van der Waals surface area contributed by atoms with Crippen LogP contribution < -0.4 is 21.3 Å². The summed E-state index contributed by atoms with van der Waals surface area (Å²) >= 11 is 6.14. The smallest absolute Gasteiger partial charge is 0.409 e. The second kappa shape index (κ2) is 13.6. The number of anilines is 2. The summed E-state index contributed by atoms with van der Waals surface area (Å²) in [6.07, 6.45) is 5.88. The molecule has 40 heavy (non-hydrogen) atoms. The van der Waals surface area contributed by atoms with Crippen LogP contribution in [0.15, 0.2) is 48.8 Å². The van der Waals surface area contributed by atoms with Crippen LogP contribution in [-0.2, 0) is 9.59 Å². The molecule has 12 nitrogen and oxygen atoms in total. The van der Waals surface area contributed by atoms with Gasteiger partial charge in [-0.05, 0) is 97.6 Å². The molecule has 1 aliphatic heterocycles. The van der Waals surface area contributed by atoms with E-state index < -0.39 is 29.8 Å². The maximum atomic E-state index is 14.3. The molecule has 2 heterocycles. The van der Waals surface area contributed by atoms with Crippen LogP contribution in [0.2, 0.25) is 5.02 Å². The number of nitrogens with one attached hydrogen (secondary N) is 4. The van der Waals surface area contributed by atoms with Gasteiger partial charge in [-0.15, -0.1) is 5.10 Å². The fourth-order valence-corrected chi connectivity index (χ4v) is 4.59. The van der Waals surface area contributed by atoms with Gasteiger partial charge in [0.25, 0.3) is 0 Å². The molecule has 5 N–H and O–H groups in total. The van der Waals surface area contributed by atoms with Gasteiger partial charge >= 0.3 is 6.09 Å². The molecule has 1 saturated heterocycles. The number of hydrogen-bond donors (Lipinski definition) is 5. The minimum atomic E-state index is -1.41. The van der Waals surface area contributed by atoms with Crippen molar-refractivity contribution in [3.05, 3.63) is 65.2 Å². The van der Waals surface area contributed by atoms with Gasteiger partial charge in [0.2, 0.25) is 11.8 Å². The number of aromatic nitrogens is 4. The number of halogens is 2. The van der Waals surface area contributed by atoms with Crippen LogP contribution in [0.25, 0.3) is 11.8 Å². The number of benzene rings is 2. The summed E-state index contributed by atoms with van der Waals surface area (Å²) in [7, 11) is 0. The first-order chi connectivity index (χ1) is 19.3. The number of tetrazole rings is 1. The second-order valence-corrected chi connectivity index (χ2v) is 9.67. The number of piperidine rings is 1. The van der Waals surface area contributed by atoms with Gasteiger partial charge in [0.1, 0.15) is 18.2 Å². The molecule has 14 heteroatoms. The van der Waals surface area contributed by atoms with Crippen molar-refractivity contribution in [1.29, 1.82) is 0 Å². The zero-order valence-electron chi connectivity index (χ0n) is 21.3. The fourth-order valence-electron chi connectivity index (χ4n) is 4.40. The van der Waals surface area contributed by atoms with E-state index in [1.807, 2.05) is 5.32 Å². The number of carboxylic acid groups (broad SMARTS) is 1. The molecule has 1 unspecified atom stereocenters. The molecule has 3 aromatic rings. The van der Waals surface area contributed by atoms with E-state index in [0.717, 1.165) is 38.4 Å². The lowest BCUT2D eigenvalue weighted by Crippen LogP contribution is -2.43. The average molecular weight is 571 g/mol. The maximum absolute atomic E-state index is 14.3. The number of amides is 3. The van der Waals surface area contributed by atoms with Crippen LogP contribution in [0.1, 0.15) is 31.2 Å². The van der Waals surface area contributed by atoms with E-state index in [-0.39, 0.29) is 11.4 Å². The SMILES string of the molecule is O=C(O)Nc1ccc(NC(=O)C(CCC2CCNCC2)NC(=O)C=Cc2cc(Cl)ccc2-n2cnnn2)cc1F. The van der Waals surface area contributed by atoms with Crippen LogP contribution in [-0.4, -0.2) is 62.4 Å². The van der Waals surface area contributed by atoms with Crippen LogP contribution >= 0.6 is 11.6 Å². The molecular formula is C26H28ClFN8O4. The normalized spacial score (nSPS) is 14.6. The number of carbonyl (C=O) groups excluding carboxylic acids is 2. The zero-order valence-corrected chi connectivity index (χ0v) is 22.1. The van der Waals surface area contributed by atoms with Crippen molar-refractivity contribution >= 4 is 47.0 Å². The van der Waals surface area contributed by atoms with E-state index in [0.29, 0.717) is 28.6 Å². The van der Waals surface area contributed by atoms with E-state index in [2.05, 4.69) is 31.5 Å². The van der Waals surface area contributed by atoms with E-state index >= 15 is 0 Å². The maximum Gasteiger partial charge on any atom is 0.409 e.